The normalized spacial score (nSPS) is 17.6. The van der Waals surface area contributed by atoms with Gasteiger partial charge < -0.3 is 0 Å². The molecule has 1 heteroatoms. The highest BCUT2D eigenvalue weighted by atomic mass is 15.2. The van der Waals surface area contributed by atoms with Crippen LogP contribution in [0.15, 0.2) is 0 Å². The van der Waals surface area contributed by atoms with Gasteiger partial charge in [0.05, 0.1) is 0 Å². The van der Waals surface area contributed by atoms with E-state index in [1.165, 1.54) is 12.8 Å². The van der Waals surface area contributed by atoms with E-state index in [0.717, 1.165) is 0 Å². The van der Waals surface area contributed by atoms with Crippen molar-refractivity contribution in [2.24, 2.45) is 5.41 Å². The SMILES string of the molecule is CCC(C)(C)C(C)(CC)N(C)C(C)C. The van der Waals surface area contributed by atoms with Gasteiger partial charge in [-0.2, -0.15) is 0 Å². The van der Waals surface area contributed by atoms with E-state index >= 15 is 0 Å². The standard InChI is InChI=1S/C13H29N/c1-9-12(5,6)13(7,10-2)14(8)11(3)4/h11H,9-10H2,1-8H3. The fraction of sp³-hybridized carbons (Fsp3) is 1.00. The maximum atomic E-state index is 2.52. The summed E-state index contributed by atoms with van der Waals surface area (Å²) in [5, 5.41) is 0. The van der Waals surface area contributed by atoms with Crippen LogP contribution in [-0.4, -0.2) is 23.5 Å². The van der Waals surface area contributed by atoms with Crippen LogP contribution in [0.2, 0.25) is 0 Å². The summed E-state index contributed by atoms with van der Waals surface area (Å²) in [6.07, 6.45) is 2.44. The predicted molar refractivity (Wildman–Crippen MR) is 65.7 cm³/mol. The third-order valence-electron chi connectivity index (χ3n) is 4.58. The van der Waals surface area contributed by atoms with Crippen LogP contribution in [0.5, 0.6) is 0 Å². The van der Waals surface area contributed by atoms with E-state index in [9.17, 15) is 0 Å². The van der Waals surface area contributed by atoms with Crippen molar-refractivity contribution in [2.45, 2.75) is 72.9 Å². The topological polar surface area (TPSA) is 3.24 Å². The smallest absolute Gasteiger partial charge is 0.0229 e. The van der Waals surface area contributed by atoms with E-state index in [2.05, 4.69) is 60.4 Å². The largest absolute Gasteiger partial charge is 0.298 e. The van der Waals surface area contributed by atoms with E-state index in [0.29, 0.717) is 17.0 Å². The molecule has 1 atom stereocenters. The van der Waals surface area contributed by atoms with Gasteiger partial charge in [-0.3, -0.25) is 4.90 Å². The summed E-state index contributed by atoms with van der Waals surface area (Å²) in [4.78, 5) is 2.52. The molecule has 0 spiro atoms. The van der Waals surface area contributed by atoms with E-state index in [1.807, 2.05) is 0 Å². The van der Waals surface area contributed by atoms with Crippen molar-refractivity contribution in [1.82, 2.24) is 4.90 Å². The first-order valence-corrected chi connectivity index (χ1v) is 5.96. The summed E-state index contributed by atoms with van der Waals surface area (Å²) >= 11 is 0. The number of hydrogen-bond donors (Lipinski definition) is 0. The molecule has 0 aromatic carbocycles. The van der Waals surface area contributed by atoms with Crippen LogP contribution in [0.25, 0.3) is 0 Å². The molecule has 0 fully saturated rings. The quantitative estimate of drug-likeness (QED) is 0.648. The Kier molecular flexibility index (Phi) is 4.64. The third-order valence-corrected chi connectivity index (χ3v) is 4.58. The third kappa shape index (κ3) is 2.31. The minimum absolute atomic E-state index is 0.302. The monoisotopic (exact) mass is 199 g/mol. The zero-order valence-corrected chi connectivity index (χ0v) is 11.4. The summed E-state index contributed by atoms with van der Waals surface area (Å²) in [6.45, 7) is 16.3. The highest BCUT2D eigenvalue weighted by Gasteiger charge is 2.41. The summed E-state index contributed by atoms with van der Waals surface area (Å²) in [7, 11) is 2.26. The zero-order chi connectivity index (χ0) is 11.6. The molecule has 0 aliphatic heterocycles. The molecule has 14 heavy (non-hydrogen) atoms. The Bertz CT molecular complexity index is 172. The molecule has 0 aromatic heterocycles. The lowest BCUT2D eigenvalue weighted by molar-refractivity contribution is -0.0108. The first-order valence-electron chi connectivity index (χ1n) is 5.96. The Morgan fingerprint density at radius 1 is 1.00 bits per heavy atom. The molecule has 0 aliphatic carbocycles. The second kappa shape index (κ2) is 4.65. The fourth-order valence-corrected chi connectivity index (χ4v) is 2.16. The molecule has 0 bridgehead atoms. The Balaban J connectivity index is 4.97. The van der Waals surface area contributed by atoms with Gasteiger partial charge >= 0.3 is 0 Å². The Hall–Kier alpha value is -0.0400. The molecule has 0 N–H and O–H groups in total. The van der Waals surface area contributed by atoms with Crippen molar-refractivity contribution in [3.8, 4) is 0 Å². The van der Waals surface area contributed by atoms with Crippen molar-refractivity contribution in [2.75, 3.05) is 7.05 Å². The van der Waals surface area contributed by atoms with E-state index < -0.39 is 0 Å². The lowest BCUT2D eigenvalue weighted by Gasteiger charge is -2.51. The van der Waals surface area contributed by atoms with Crippen LogP contribution < -0.4 is 0 Å². The average molecular weight is 199 g/mol. The Morgan fingerprint density at radius 2 is 1.43 bits per heavy atom. The van der Waals surface area contributed by atoms with Crippen LogP contribution in [0.1, 0.15) is 61.3 Å². The Morgan fingerprint density at radius 3 is 1.64 bits per heavy atom. The van der Waals surface area contributed by atoms with Crippen molar-refractivity contribution in [3.05, 3.63) is 0 Å². The molecule has 0 heterocycles. The summed E-state index contributed by atoms with van der Waals surface area (Å²) < 4.78 is 0. The van der Waals surface area contributed by atoms with Crippen molar-refractivity contribution in [3.63, 3.8) is 0 Å². The van der Waals surface area contributed by atoms with Crippen LogP contribution in [-0.2, 0) is 0 Å². The zero-order valence-electron chi connectivity index (χ0n) is 11.4. The summed E-state index contributed by atoms with van der Waals surface area (Å²) in [5.74, 6) is 0. The first-order chi connectivity index (χ1) is 6.23. The molecule has 1 unspecified atom stereocenters. The number of hydrogen-bond acceptors (Lipinski definition) is 1. The molecule has 1 nitrogen and oxygen atoms in total. The molecule has 86 valence electrons. The molecule has 0 radical (unpaired) electrons. The van der Waals surface area contributed by atoms with E-state index in [1.54, 1.807) is 0 Å². The maximum absolute atomic E-state index is 2.52. The van der Waals surface area contributed by atoms with Gasteiger partial charge in [0.15, 0.2) is 0 Å². The second-order valence-electron chi connectivity index (χ2n) is 5.57. The minimum Gasteiger partial charge on any atom is -0.298 e. The van der Waals surface area contributed by atoms with Crippen molar-refractivity contribution in [1.29, 1.82) is 0 Å². The maximum Gasteiger partial charge on any atom is 0.0229 e. The van der Waals surface area contributed by atoms with Gasteiger partial charge in [0, 0.05) is 11.6 Å². The van der Waals surface area contributed by atoms with Crippen LogP contribution in [0.3, 0.4) is 0 Å². The van der Waals surface area contributed by atoms with Gasteiger partial charge in [0.2, 0.25) is 0 Å². The number of nitrogens with zero attached hydrogens (tertiary/aromatic N) is 1. The highest BCUT2D eigenvalue weighted by Crippen LogP contribution is 2.41. The molecule has 0 aliphatic rings. The second-order valence-corrected chi connectivity index (χ2v) is 5.57. The van der Waals surface area contributed by atoms with Gasteiger partial charge in [-0.15, -0.1) is 0 Å². The van der Waals surface area contributed by atoms with Crippen molar-refractivity contribution < 1.29 is 0 Å². The predicted octanol–water partition coefficient (Wildman–Crippen LogP) is 3.93. The summed E-state index contributed by atoms with van der Waals surface area (Å²) in [6, 6.07) is 0.616. The molecule has 0 saturated heterocycles. The van der Waals surface area contributed by atoms with Crippen LogP contribution >= 0.6 is 0 Å². The van der Waals surface area contributed by atoms with Gasteiger partial charge in [0.25, 0.3) is 0 Å². The highest BCUT2D eigenvalue weighted by molar-refractivity contribution is 4.96. The molecule has 0 rings (SSSR count). The van der Waals surface area contributed by atoms with Crippen LogP contribution in [0, 0.1) is 5.41 Å². The van der Waals surface area contributed by atoms with E-state index in [-0.39, 0.29) is 0 Å². The number of rotatable bonds is 5. The Labute approximate surface area is 90.9 Å². The van der Waals surface area contributed by atoms with Gasteiger partial charge in [-0.25, -0.2) is 0 Å². The summed E-state index contributed by atoms with van der Waals surface area (Å²) in [5.41, 5.74) is 0.677. The van der Waals surface area contributed by atoms with Crippen molar-refractivity contribution >= 4 is 0 Å². The first kappa shape index (κ1) is 14.0. The minimum atomic E-state index is 0.302. The molecular weight excluding hydrogens is 170 g/mol. The molecular formula is C13H29N. The van der Waals surface area contributed by atoms with Crippen LogP contribution in [0.4, 0.5) is 0 Å². The van der Waals surface area contributed by atoms with E-state index in [4.69, 9.17) is 0 Å². The molecule has 0 saturated carbocycles. The average Bonchev–Trinajstić information content (AvgIpc) is 2.14. The molecule has 0 amide bonds. The van der Waals surface area contributed by atoms with Gasteiger partial charge in [0.1, 0.15) is 0 Å². The van der Waals surface area contributed by atoms with Gasteiger partial charge in [-0.05, 0) is 46.1 Å². The molecule has 0 aromatic rings. The van der Waals surface area contributed by atoms with Gasteiger partial charge in [-0.1, -0.05) is 27.7 Å². The lowest BCUT2D eigenvalue weighted by atomic mass is 9.68. The fourth-order valence-electron chi connectivity index (χ4n) is 2.16. The lowest BCUT2D eigenvalue weighted by Crippen LogP contribution is -2.56.